The van der Waals surface area contributed by atoms with E-state index in [2.05, 4.69) is 20.8 Å². The van der Waals surface area contributed by atoms with Gasteiger partial charge in [-0.25, -0.2) is 0 Å². The van der Waals surface area contributed by atoms with Gasteiger partial charge < -0.3 is 24.7 Å². The van der Waals surface area contributed by atoms with Crippen LogP contribution in [0.15, 0.2) is 4.42 Å². The van der Waals surface area contributed by atoms with E-state index < -0.39 is 0 Å². The lowest BCUT2D eigenvalue weighted by Crippen LogP contribution is -2.41. The van der Waals surface area contributed by atoms with Crippen molar-refractivity contribution >= 4 is 11.9 Å². The maximum atomic E-state index is 11.9. The Labute approximate surface area is 124 Å². The average Bonchev–Trinajstić information content (AvgIpc) is 2.97. The molecule has 1 fully saturated rings. The van der Waals surface area contributed by atoms with E-state index in [1.807, 2.05) is 18.7 Å². The van der Waals surface area contributed by atoms with Gasteiger partial charge in [0.05, 0.1) is 19.3 Å². The van der Waals surface area contributed by atoms with Crippen molar-refractivity contribution < 1.29 is 13.9 Å². The third-order valence-corrected chi connectivity index (χ3v) is 3.30. The largest absolute Gasteiger partial charge is 0.406 e. The molecule has 0 saturated carbocycles. The van der Waals surface area contributed by atoms with Gasteiger partial charge in [-0.2, -0.15) is 0 Å². The molecule has 1 aromatic rings. The third kappa shape index (κ3) is 4.68. The maximum Gasteiger partial charge on any atom is 0.315 e. The number of rotatable bonds is 7. The summed E-state index contributed by atoms with van der Waals surface area (Å²) in [4.78, 5) is 13.8. The summed E-state index contributed by atoms with van der Waals surface area (Å²) in [5, 5.41) is 14.1. The Kier molecular flexibility index (Phi) is 5.94. The number of hydrogen-bond donors (Lipinski definition) is 2. The molecule has 2 rings (SSSR count). The van der Waals surface area contributed by atoms with Crippen LogP contribution >= 0.6 is 0 Å². The molecule has 8 nitrogen and oxygen atoms in total. The molecule has 0 aromatic carbocycles. The number of nitrogens with zero attached hydrogens (tertiary/aromatic N) is 3. The van der Waals surface area contributed by atoms with Crippen LogP contribution < -0.4 is 10.6 Å². The van der Waals surface area contributed by atoms with E-state index in [0.29, 0.717) is 51.2 Å². The highest BCUT2D eigenvalue weighted by Crippen LogP contribution is 2.13. The number of carbonyl (C=O) groups excluding carboxylic acids is 1. The van der Waals surface area contributed by atoms with Crippen molar-refractivity contribution in [2.75, 3.05) is 44.7 Å². The zero-order valence-electron chi connectivity index (χ0n) is 12.6. The van der Waals surface area contributed by atoms with Gasteiger partial charge in [0.25, 0.3) is 0 Å². The Hall–Kier alpha value is -1.67. The zero-order valence-corrected chi connectivity index (χ0v) is 12.6. The summed E-state index contributed by atoms with van der Waals surface area (Å²) in [7, 11) is 0. The molecule has 1 amide bonds. The number of amides is 1. The fraction of sp³-hybridized carbons (Fsp3) is 0.769. The molecule has 0 spiro atoms. The summed E-state index contributed by atoms with van der Waals surface area (Å²) in [5.41, 5.74) is 0. The van der Waals surface area contributed by atoms with Crippen molar-refractivity contribution in [1.29, 1.82) is 0 Å². The first-order chi connectivity index (χ1) is 10.2. The van der Waals surface area contributed by atoms with Crippen molar-refractivity contribution in [2.24, 2.45) is 0 Å². The Morgan fingerprint density at radius 2 is 2.14 bits per heavy atom. The Balaban J connectivity index is 1.72. The molecule has 2 heterocycles. The molecule has 0 bridgehead atoms. The highest BCUT2D eigenvalue weighted by atomic mass is 16.5. The minimum Gasteiger partial charge on any atom is -0.406 e. The molecule has 1 atom stereocenters. The van der Waals surface area contributed by atoms with Crippen LogP contribution in [-0.2, 0) is 9.53 Å². The number of anilines is 1. The van der Waals surface area contributed by atoms with Crippen LogP contribution in [0.4, 0.5) is 6.01 Å². The quantitative estimate of drug-likeness (QED) is 0.752. The molecule has 1 unspecified atom stereocenters. The van der Waals surface area contributed by atoms with Crippen LogP contribution in [-0.4, -0.2) is 60.4 Å². The molecule has 1 saturated heterocycles. The summed E-state index contributed by atoms with van der Waals surface area (Å²) in [6, 6.07) is 0.373. The van der Waals surface area contributed by atoms with E-state index in [1.54, 1.807) is 0 Å². The van der Waals surface area contributed by atoms with Gasteiger partial charge in [0.15, 0.2) is 0 Å². The average molecular weight is 297 g/mol. The molecule has 0 aliphatic carbocycles. The van der Waals surface area contributed by atoms with Crippen molar-refractivity contribution in [3.05, 3.63) is 5.89 Å². The normalized spacial score (nSPS) is 16.8. The van der Waals surface area contributed by atoms with Gasteiger partial charge >= 0.3 is 6.01 Å². The predicted octanol–water partition coefficient (Wildman–Crippen LogP) is 0.401. The Bertz CT molecular complexity index is 445. The smallest absolute Gasteiger partial charge is 0.315 e. The number of morpholine rings is 1. The van der Waals surface area contributed by atoms with Gasteiger partial charge in [0.1, 0.15) is 0 Å². The first kappa shape index (κ1) is 15.7. The molecule has 1 aromatic heterocycles. The minimum absolute atomic E-state index is 0.0213. The first-order valence-electron chi connectivity index (χ1n) is 7.37. The lowest BCUT2D eigenvalue weighted by Gasteiger charge is -2.26. The van der Waals surface area contributed by atoms with Gasteiger partial charge in [-0.1, -0.05) is 12.0 Å². The molecule has 0 radical (unpaired) electrons. The van der Waals surface area contributed by atoms with E-state index in [9.17, 15) is 4.79 Å². The third-order valence-electron chi connectivity index (χ3n) is 3.30. The second-order valence-electron chi connectivity index (χ2n) is 4.89. The number of hydrogen-bond acceptors (Lipinski definition) is 7. The Morgan fingerprint density at radius 1 is 1.38 bits per heavy atom. The van der Waals surface area contributed by atoms with Crippen LogP contribution in [0.25, 0.3) is 0 Å². The lowest BCUT2D eigenvalue weighted by atomic mass is 10.3. The molecule has 2 N–H and O–H groups in total. The van der Waals surface area contributed by atoms with E-state index >= 15 is 0 Å². The lowest BCUT2D eigenvalue weighted by molar-refractivity contribution is -0.134. The standard InChI is InChI=1S/C13H23N5O3/c1-3-14-10(2)12-16-17-13(21-12)15-5-4-11(19)18-6-8-20-9-7-18/h10,14H,3-9H2,1-2H3,(H,15,17). The van der Waals surface area contributed by atoms with E-state index in [1.165, 1.54) is 0 Å². The molecule has 1 aliphatic rings. The molecule has 118 valence electrons. The van der Waals surface area contributed by atoms with Crippen LogP contribution in [0.2, 0.25) is 0 Å². The van der Waals surface area contributed by atoms with Crippen LogP contribution in [0, 0.1) is 0 Å². The van der Waals surface area contributed by atoms with Gasteiger partial charge in [-0.3, -0.25) is 4.79 Å². The van der Waals surface area contributed by atoms with Crippen molar-refractivity contribution in [3.63, 3.8) is 0 Å². The predicted molar refractivity (Wildman–Crippen MR) is 76.9 cm³/mol. The summed E-state index contributed by atoms with van der Waals surface area (Å²) in [6.07, 6.45) is 0.403. The molecular formula is C13H23N5O3. The SMILES string of the molecule is CCNC(C)c1nnc(NCCC(=O)N2CCOCC2)o1. The fourth-order valence-corrected chi connectivity index (χ4v) is 2.12. The summed E-state index contributed by atoms with van der Waals surface area (Å²) >= 11 is 0. The number of aromatic nitrogens is 2. The minimum atomic E-state index is 0.0213. The molecular weight excluding hydrogens is 274 g/mol. The van der Waals surface area contributed by atoms with Crippen LogP contribution in [0.3, 0.4) is 0 Å². The summed E-state index contributed by atoms with van der Waals surface area (Å²) in [5.74, 6) is 0.658. The molecule has 1 aliphatic heterocycles. The monoisotopic (exact) mass is 297 g/mol. The second kappa shape index (κ2) is 7.94. The summed E-state index contributed by atoms with van der Waals surface area (Å²) < 4.78 is 10.7. The highest BCUT2D eigenvalue weighted by molar-refractivity contribution is 5.76. The second-order valence-corrected chi connectivity index (χ2v) is 4.89. The summed E-state index contributed by atoms with van der Waals surface area (Å²) in [6.45, 7) is 7.87. The van der Waals surface area contributed by atoms with Gasteiger partial charge in [0, 0.05) is 26.1 Å². The van der Waals surface area contributed by atoms with Crippen molar-refractivity contribution in [2.45, 2.75) is 26.3 Å². The highest BCUT2D eigenvalue weighted by Gasteiger charge is 2.17. The van der Waals surface area contributed by atoms with Crippen molar-refractivity contribution in [1.82, 2.24) is 20.4 Å². The number of nitrogens with one attached hydrogen (secondary N) is 2. The van der Waals surface area contributed by atoms with Crippen molar-refractivity contribution in [3.8, 4) is 0 Å². The molecule has 8 heteroatoms. The Morgan fingerprint density at radius 3 is 2.86 bits per heavy atom. The van der Waals surface area contributed by atoms with E-state index in [0.717, 1.165) is 6.54 Å². The number of carbonyl (C=O) groups is 1. The van der Waals surface area contributed by atoms with Crippen LogP contribution in [0.1, 0.15) is 32.2 Å². The number of ether oxygens (including phenoxy) is 1. The van der Waals surface area contributed by atoms with Gasteiger partial charge in [0.2, 0.25) is 11.8 Å². The zero-order chi connectivity index (χ0) is 15.1. The topological polar surface area (TPSA) is 92.5 Å². The van der Waals surface area contributed by atoms with E-state index in [4.69, 9.17) is 9.15 Å². The van der Waals surface area contributed by atoms with E-state index in [-0.39, 0.29) is 11.9 Å². The maximum absolute atomic E-state index is 11.9. The fourth-order valence-electron chi connectivity index (χ4n) is 2.12. The van der Waals surface area contributed by atoms with Crippen LogP contribution in [0.5, 0.6) is 0 Å². The first-order valence-corrected chi connectivity index (χ1v) is 7.37. The van der Waals surface area contributed by atoms with Gasteiger partial charge in [-0.05, 0) is 13.5 Å². The van der Waals surface area contributed by atoms with Gasteiger partial charge in [-0.15, -0.1) is 5.10 Å². The molecule has 21 heavy (non-hydrogen) atoms.